The normalized spacial score (nSPS) is 18.1. The molecule has 1 unspecified atom stereocenters. The molecule has 4 nitrogen and oxygen atoms in total. The van der Waals surface area contributed by atoms with Gasteiger partial charge in [-0.2, -0.15) is 0 Å². The minimum atomic E-state index is 0.287. The number of benzene rings is 1. The van der Waals surface area contributed by atoms with Gasteiger partial charge in [-0.25, -0.2) is 0 Å². The number of ether oxygens (including phenoxy) is 2. The number of methoxy groups -OCH3 is 2. The molecule has 1 fully saturated rings. The van der Waals surface area contributed by atoms with E-state index in [0.717, 1.165) is 43.1 Å². The van der Waals surface area contributed by atoms with Gasteiger partial charge in [-0.15, -0.1) is 0 Å². The second kappa shape index (κ2) is 6.64. The Balaban J connectivity index is 2.00. The molecule has 1 aromatic rings. The van der Waals surface area contributed by atoms with E-state index in [4.69, 9.17) is 9.47 Å². The van der Waals surface area contributed by atoms with Crippen molar-refractivity contribution in [2.24, 2.45) is 5.92 Å². The van der Waals surface area contributed by atoms with Crippen molar-refractivity contribution >= 4 is 11.5 Å². The smallest absolute Gasteiger partial charge is 0.162 e. The third-order valence-electron chi connectivity index (χ3n) is 3.92. The highest BCUT2D eigenvalue weighted by Gasteiger charge is 2.23. The van der Waals surface area contributed by atoms with Crippen molar-refractivity contribution in [1.29, 1.82) is 0 Å². The maximum Gasteiger partial charge on any atom is 0.162 e. The molecular weight excluding hydrogens is 254 g/mol. The average Bonchev–Trinajstić information content (AvgIpc) is 2.93. The Morgan fingerprint density at radius 1 is 1.30 bits per heavy atom. The van der Waals surface area contributed by atoms with Crippen molar-refractivity contribution in [2.75, 3.05) is 32.2 Å². The van der Waals surface area contributed by atoms with E-state index in [0.29, 0.717) is 12.3 Å². The van der Waals surface area contributed by atoms with E-state index in [1.54, 1.807) is 21.1 Å². The largest absolute Gasteiger partial charge is 0.493 e. The van der Waals surface area contributed by atoms with Crippen LogP contribution in [-0.4, -0.2) is 33.1 Å². The Morgan fingerprint density at radius 3 is 2.70 bits per heavy atom. The van der Waals surface area contributed by atoms with E-state index in [1.807, 2.05) is 12.1 Å². The number of hydrogen-bond acceptors (Lipinski definition) is 4. The molecule has 110 valence electrons. The standard InChI is InChI=1S/C16H23NO3/c1-12(18)4-5-13-8-9-17(11-13)14-6-7-15(19-2)16(10-14)20-3/h6-7,10,13H,4-5,8-9,11H2,1-3H3. The average molecular weight is 277 g/mol. The van der Waals surface area contributed by atoms with E-state index in [9.17, 15) is 4.79 Å². The number of ketones is 1. The highest BCUT2D eigenvalue weighted by molar-refractivity contribution is 5.75. The number of nitrogens with zero attached hydrogens (tertiary/aromatic N) is 1. The molecular formula is C16H23NO3. The Hall–Kier alpha value is -1.71. The molecule has 1 aliphatic rings. The number of Topliss-reactive ketones (excluding diaryl/α,β-unsaturated/α-hetero) is 1. The van der Waals surface area contributed by atoms with Crippen molar-refractivity contribution in [3.63, 3.8) is 0 Å². The van der Waals surface area contributed by atoms with Crippen molar-refractivity contribution in [3.8, 4) is 11.5 Å². The van der Waals surface area contributed by atoms with Crippen molar-refractivity contribution in [1.82, 2.24) is 0 Å². The minimum Gasteiger partial charge on any atom is -0.493 e. The van der Waals surface area contributed by atoms with Crippen LogP contribution in [0.5, 0.6) is 11.5 Å². The summed E-state index contributed by atoms with van der Waals surface area (Å²) < 4.78 is 10.6. The van der Waals surface area contributed by atoms with Crippen LogP contribution in [0.4, 0.5) is 5.69 Å². The van der Waals surface area contributed by atoms with E-state index in [2.05, 4.69) is 11.0 Å². The molecule has 0 aromatic heterocycles. The summed E-state index contributed by atoms with van der Waals surface area (Å²) in [5, 5.41) is 0. The second-order valence-corrected chi connectivity index (χ2v) is 5.38. The van der Waals surface area contributed by atoms with E-state index in [1.165, 1.54) is 0 Å². The summed E-state index contributed by atoms with van der Waals surface area (Å²) >= 11 is 0. The fourth-order valence-corrected chi connectivity index (χ4v) is 2.73. The molecule has 1 atom stereocenters. The number of anilines is 1. The summed E-state index contributed by atoms with van der Waals surface area (Å²) in [7, 11) is 3.30. The molecule has 0 N–H and O–H groups in total. The molecule has 1 heterocycles. The predicted octanol–water partition coefficient (Wildman–Crippen LogP) is 2.90. The molecule has 0 saturated carbocycles. The fourth-order valence-electron chi connectivity index (χ4n) is 2.73. The zero-order valence-electron chi connectivity index (χ0n) is 12.5. The first-order chi connectivity index (χ1) is 9.63. The lowest BCUT2D eigenvalue weighted by atomic mass is 10.0. The highest BCUT2D eigenvalue weighted by Crippen LogP contribution is 2.34. The summed E-state index contributed by atoms with van der Waals surface area (Å²) in [6.45, 7) is 3.72. The number of rotatable bonds is 6. The summed E-state index contributed by atoms with van der Waals surface area (Å²) in [6.07, 6.45) is 2.85. The number of hydrogen-bond donors (Lipinski definition) is 0. The highest BCUT2D eigenvalue weighted by atomic mass is 16.5. The first kappa shape index (κ1) is 14.7. The molecule has 2 rings (SSSR count). The molecule has 1 aliphatic heterocycles. The van der Waals surface area contributed by atoms with Crippen LogP contribution in [0.3, 0.4) is 0 Å². The Labute approximate surface area is 120 Å². The zero-order chi connectivity index (χ0) is 14.5. The van der Waals surface area contributed by atoms with Gasteiger partial charge < -0.3 is 19.2 Å². The first-order valence-electron chi connectivity index (χ1n) is 7.10. The van der Waals surface area contributed by atoms with Gasteiger partial charge in [0.25, 0.3) is 0 Å². The van der Waals surface area contributed by atoms with Gasteiger partial charge in [-0.1, -0.05) is 0 Å². The summed E-state index contributed by atoms with van der Waals surface area (Å²) in [5.74, 6) is 2.42. The topological polar surface area (TPSA) is 38.8 Å². The van der Waals surface area contributed by atoms with E-state index < -0.39 is 0 Å². The fraction of sp³-hybridized carbons (Fsp3) is 0.562. The van der Waals surface area contributed by atoms with Crippen LogP contribution >= 0.6 is 0 Å². The zero-order valence-corrected chi connectivity index (χ0v) is 12.5. The SMILES string of the molecule is COc1ccc(N2CCC(CCC(C)=O)C2)cc1OC. The second-order valence-electron chi connectivity index (χ2n) is 5.38. The maximum absolute atomic E-state index is 11.1. The molecule has 0 bridgehead atoms. The summed E-state index contributed by atoms with van der Waals surface area (Å²) in [6, 6.07) is 6.03. The Kier molecular flexibility index (Phi) is 4.88. The van der Waals surface area contributed by atoms with E-state index in [-0.39, 0.29) is 5.78 Å². The van der Waals surface area contributed by atoms with Crippen LogP contribution in [0, 0.1) is 5.92 Å². The van der Waals surface area contributed by atoms with Crippen molar-refractivity contribution in [3.05, 3.63) is 18.2 Å². The van der Waals surface area contributed by atoms with Crippen LogP contribution in [0.1, 0.15) is 26.2 Å². The predicted molar refractivity (Wildman–Crippen MR) is 79.8 cm³/mol. The van der Waals surface area contributed by atoms with Crippen LogP contribution in [0.2, 0.25) is 0 Å². The molecule has 0 radical (unpaired) electrons. The molecule has 0 aliphatic carbocycles. The van der Waals surface area contributed by atoms with Gasteiger partial charge in [0.1, 0.15) is 5.78 Å². The van der Waals surface area contributed by atoms with Gasteiger partial charge in [0.2, 0.25) is 0 Å². The van der Waals surface area contributed by atoms with Crippen LogP contribution in [0.25, 0.3) is 0 Å². The Morgan fingerprint density at radius 2 is 2.05 bits per heavy atom. The van der Waals surface area contributed by atoms with Crippen LogP contribution in [-0.2, 0) is 4.79 Å². The van der Waals surface area contributed by atoms with Gasteiger partial charge in [0, 0.05) is 31.3 Å². The monoisotopic (exact) mass is 277 g/mol. The van der Waals surface area contributed by atoms with E-state index >= 15 is 0 Å². The summed E-state index contributed by atoms with van der Waals surface area (Å²) in [5.41, 5.74) is 1.16. The molecule has 20 heavy (non-hydrogen) atoms. The summed E-state index contributed by atoms with van der Waals surface area (Å²) in [4.78, 5) is 13.4. The van der Waals surface area contributed by atoms with Crippen molar-refractivity contribution in [2.45, 2.75) is 26.2 Å². The number of carbonyl (C=O) groups is 1. The van der Waals surface area contributed by atoms with Crippen LogP contribution in [0.15, 0.2) is 18.2 Å². The minimum absolute atomic E-state index is 0.287. The molecule has 0 spiro atoms. The third kappa shape index (κ3) is 3.44. The lowest BCUT2D eigenvalue weighted by molar-refractivity contribution is -0.117. The first-order valence-corrected chi connectivity index (χ1v) is 7.10. The molecule has 1 aromatic carbocycles. The Bertz CT molecular complexity index is 473. The molecule has 4 heteroatoms. The lowest BCUT2D eigenvalue weighted by Gasteiger charge is -2.20. The van der Waals surface area contributed by atoms with Gasteiger partial charge in [-0.3, -0.25) is 0 Å². The quantitative estimate of drug-likeness (QED) is 0.801. The molecule has 1 saturated heterocycles. The van der Waals surface area contributed by atoms with Crippen molar-refractivity contribution < 1.29 is 14.3 Å². The maximum atomic E-state index is 11.1. The van der Waals surface area contributed by atoms with Gasteiger partial charge >= 0.3 is 0 Å². The lowest BCUT2D eigenvalue weighted by Crippen LogP contribution is -2.19. The van der Waals surface area contributed by atoms with Crippen LogP contribution < -0.4 is 14.4 Å². The molecule has 0 amide bonds. The third-order valence-corrected chi connectivity index (χ3v) is 3.92. The van der Waals surface area contributed by atoms with Gasteiger partial charge in [-0.05, 0) is 37.8 Å². The van der Waals surface area contributed by atoms with Gasteiger partial charge in [0.05, 0.1) is 14.2 Å². The number of carbonyl (C=O) groups excluding carboxylic acids is 1. The van der Waals surface area contributed by atoms with Gasteiger partial charge in [0.15, 0.2) is 11.5 Å².